The number of allylic oxidation sites excluding steroid dienone is 1. The van der Waals surface area contributed by atoms with Gasteiger partial charge in [0, 0.05) is 19.2 Å². The molecular formula is C8H12N2O. The molecule has 3 heteroatoms. The number of aliphatic imine (C=N–C) groups is 1. The van der Waals surface area contributed by atoms with Crippen molar-refractivity contribution in [2.45, 2.75) is 12.5 Å². The van der Waals surface area contributed by atoms with Crippen molar-refractivity contribution >= 4 is 6.21 Å². The lowest BCUT2D eigenvalue weighted by atomic mass is 10.2. The molecule has 0 aliphatic carbocycles. The molecule has 1 N–H and O–H groups in total. The van der Waals surface area contributed by atoms with E-state index in [1.165, 1.54) is 0 Å². The minimum atomic E-state index is 0.336. The number of ether oxygens (including phenoxy) is 1. The van der Waals surface area contributed by atoms with Gasteiger partial charge in [-0.1, -0.05) is 0 Å². The van der Waals surface area contributed by atoms with Crippen LogP contribution in [0.5, 0.6) is 0 Å². The third-order valence-corrected chi connectivity index (χ3v) is 1.95. The number of hydrogen-bond donors (Lipinski definition) is 1. The summed E-state index contributed by atoms with van der Waals surface area (Å²) in [7, 11) is 0. The van der Waals surface area contributed by atoms with Crippen LogP contribution in [-0.2, 0) is 4.74 Å². The van der Waals surface area contributed by atoms with Gasteiger partial charge in [-0.3, -0.25) is 4.99 Å². The van der Waals surface area contributed by atoms with Crippen molar-refractivity contribution < 1.29 is 4.74 Å². The lowest BCUT2D eigenvalue weighted by Gasteiger charge is -2.25. The summed E-state index contributed by atoms with van der Waals surface area (Å²) in [5, 5.41) is 3.35. The van der Waals surface area contributed by atoms with Crippen LogP contribution in [0.1, 0.15) is 6.42 Å². The third kappa shape index (κ3) is 1.43. The SMILES string of the molecule is C1=NCC2NCCOC2=CC1. The second kappa shape index (κ2) is 3.05. The van der Waals surface area contributed by atoms with E-state index in [1.54, 1.807) is 0 Å². The summed E-state index contributed by atoms with van der Waals surface area (Å²) in [5.41, 5.74) is 0. The zero-order valence-corrected chi connectivity index (χ0v) is 6.42. The minimum absolute atomic E-state index is 0.336. The molecule has 2 aliphatic rings. The van der Waals surface area contributed by atoms with E-state index in [9.17, 15) is 0 Å². The fourth-order valence-electron chi connectivity index (χ4n) is 1.38. The second-order valence-electron chi connectivity index (χ2n) is 2.75. The topological polar surface area (TPSA) is 33.6 Å². The van der Waals surface area contributed by atoms with Gasteiger partial charge < -0.3 is 10.1 Å². The number of nitrogens with one attached hydrogen (secondary N) is 1. The van der Waals surface area contributed by atoms with Gasteiger partial charge >= 0.3 is 0 Å². The molecule has 1 saturated heterocycles. The highest BCUT2D eigenvalue weighted by Crippen LogP contribution is 2.11. The maximum Gasteiger partial charge on any atom is 0.111 e. The van der Waals surface area contributed by atoms with Crippen molar-refractivity contribution in [2.24, 2.45) is 4.99 Å². The molecule has 2 heterocycles. The van der Waals surface area contributed by atoms with Crippen molar-refractivity contribution in [3.8, 4) is 0 Å². The maximum atomic E-state index is 5.48. The van der Waals surface area contributed by atoms with Gasteiger partial charge in [0.1, 0.15) is 12.4 Å². The Balaban J connectivity index is 2.11. The molecule has 0 radical (unpaired) electrons. The Morgan fingerprint density at radius 2 is 2.64 bits per heavy atom. The van der Waals surface area contributed by atoms with Crippen LogP contribution in [-0.4, -0.2) is 32.0 Å². The van der Waals surface area contributed by atoms with Gasteiger partial charge in [0.25, 0.3) is 0 Å². The number of rotatable bonds is 0. The minimum Gasteiger partial charge on any atom is -0.495 e. The summed E-state index contributed by atoms with van der Waals surface area (Å²) in [6.07, 6.45) is 4.96. The fourth-order valence-corrected chi connectivity index (χ4v) is 1.38. The van der Waals surface area contributed by atoms with Gasteiger partial charge in [0.15, 0.2) is 0 Å². The van der Waals surface area contributed by atoms with Crippen LogP contribution in [0.3, 0.4) is 0 Å². The van der Waals surface area contributed by atoms with E-state index >= 15 is 0 Å². The normalized spacial score (nSPS) is 29.8. The van der Waals surface area contributed by atoms with E-state index in [4.69, 9.17) is 4.74 Å². The molecule has 11 heavy (non-hydrogen) atoms. The zero-order chi connectivity index (χ0) is 7.52. The summed E-state index contributed by atoms with van der Waals surface area (Å²) in [6, 6.07) is 0.336. The average Bonchev–Trinajstić information content (AvgIpc) is 2.28. The lowest BCUT2D eigenvalue weighted by molar-refractivity contribution is 0.150. The highest BCUT2D eigenvalue weighted by molar-refractivity contribution is 5.60. The Bertz CT molecular complexity index is 198. The first-order valence-electron chi connectivity index (χ1n) is 4.01. The molecule has 0 bridgehead atoms. The molecule has 1 unspecified atom stereocenters. The molecule has 1 atom stereocenters. The van der Waals surface area contributed by atoms with Crippen molar-refractivity contribution in [3.05, 3.63) is 11.8 Å². The van der Waals surface area contributed by atoms with Gasteiger partial charge in [-0.15, -0.1) is 0 Å². The van der Waals surface area contributed by atoms with Crippen LogP contribution in [0, 0.1) is 0 Å². The predicted molar refractivity (Wildman–Crippen MR) is 43.8 cm³/mol. The first kappa shape index (κ1) is 6.85. The van der Waals surface area contributed by atoms with Gasteiger partial charge in [-0.2, -0.15) is 0 Å². The van der Waals surface area contributed by atoms with Crippen LogP contribution in [0.2, 0.25) is 0 Å². The van der Waals surface area contributed by atoms with Crippen molar-refractivity contribution in [1.82, 2.24) is 5.32 Å². The highest BCUT2D eigenvalue weighted by atomic mass is 16.5. The van der Waals surface area contributed by atoms with E-state index in [0.717, 1.165) is 31.9 Å². The summed E-state index contributed by atoms with van der Waals surface area (Å²) < 4.78 is 5.48. The second-order valence-corrected chi connectivity index (χ2v) is 2.75. The molecule has 60 valence electrons. The Labute approximate surface area is 66.2 Å². The number of fused-ring (bicyclic) bond motifs is 1. The van der Waals surface area contributed by atoms with Crippen LogP contribution in [0.25, 0.3) is 0 Å². The Kier molecular flexibility index (Phi) is 1.90. The first-order chi connectivity index (χ1) is 5.47. The highest BCUT2D eigenvalue weighted by Gasteiger charge is 2.19. The van der Waals surface area contributed by atoms with E-state index in [2.05, 4.69) is 16.4 Å². The zero-order valence-electron chi connectivity index (χ0n) is 6.42. The smallest absolute Gasteiger partial charge is 0.111 e. The molecular weight excluding hydrogens is 140 g/mol. The van der Waals surface area contributed by atoms with Crippen LogP contribution in [0.15, 0.2) is 16.8 Å². The van der Waals surface area contributed by atoms with Crippen LogP contribution in [0.4, 0.5) is 0 Å². The number of hydrogen-bond acceptors (Lipinski definition) is 3. The molecule has 0 spiro atoms. The lowest BCUT2D eigenvalue weighted by Crippen LogP contribution is -2.41. The molecule has 0 aromatic rings. The van der Waals surface area contributed by atoms with Gasteiger partial charge in [-0.25, -0.2) is 0 Å². The largest absolute Gasteiger partial charge is 0.495 e. The van der Waals surface area contributed by atoms with Gasteiger partial charge in [0.05, 0.1) is 12.6 Å². The quantitative estimate of drug-likeness (QED) is 0.543. The van der Waals surface area contributed by atoms with Crippen molar-refractivity contribution in [1.29, 1.82) is 0 Å². The van der Waals surface area contributed by atoms with Gasteiger partial charge in [-0.05, 0) is 6.08 Å². The summed E-state index contributed by atoms with van der Waals surface area (Å²) in [6.45, 7) is 2.56. The van der Waals surface area contributed by atoms with Crippen molar-refractivity contribution in [3.63, 3.8) is 0 Å². The molecule has 1 fully saturated rings. The monoisotopic (exact) mass is 152 g/mol. The average molecular weight is 152 g/mol. The fraction of sp³-hybridized carbons (Fsp3) is 0.625. The maximum absolute atomic E-state index is 5.48. The van der Waals surface area contributed by atoms with Crippen LogP contribution >= 0.6 is 0 Å². The number of nitrogens with zero attached hydrogens (tertiary/aromatic N) is 1. The predicted octanol–water partition coefficient (Wildman–Crippen LogP) is 0.333. The number of morpholine rings is 1. The van der Waals surface area contributed by atoms with Crippen LogP contribution < -0.4 is 5.32 Å². The van der Waals surface area contributed by atoms with Crippen molar-refractivity contribution in [2.75, 3.05) is 19.7 Å². The summed E-state index contributed by atoms with van der Waals surface area (Å²) in [5.74, 6) is 1.08. The molecule has 2 rings (SSSR count). The molecule has 3 nitrogen and oxygen atoms in total. The molecule has 0 aromatic carbocycles. The van der Waals surface area contributed by atoms with Gasteiger partial charge in [0.2, 0.25) is 0 Å². The molecule has 0 saturated carbocycles. The Morgan fingerprint density at radius 1 is 1.64 bits per heavy atom. The molecule has 2 aliphatic heterocycles. The van der Waals surface area contributed by atoms with E-state index in [1.807, 2.05) is 6.21 Å². The molecule has 0 amide bonds. The Morgan fingerprint density at radius 3 is 3.64 bits per heavy atom. The van der Waals surface area contributed by atoms with E-state index in [-0.39, 0.29) is 0 Å². The molecule has 0 aromatic heterocycles. The Hall–Kier alpha value is -0.830. The van der Waals surface area contributed by atoms with E-state index < -0.39 is 0 Å². The third-order valence-electron chi connectivity index (χ3n) is 1.95. The summed E-state index contributed by atoms with van der Waals surface area (Å²) in [4.78, 5) is 4.24. The first-order valence-corrected chi connectivity index (χ1v) is 4.01. The van der Waals surface area contributed by atoms with E-state index in [0.29, 0.717) is 6.04 Å². The summed E-state index contributed by atoms with van der Waals surface area (Å²) >= 11 is 0. The standard InChI is InChI=1S/C8H12N2O/c1-2-8-7(6-9-3-1)10-4-5-11-8/h2-3,7,10H,1,4-6H2.